The molecule has 0 aliphatic carbocycles. The third kappa shape index (κ3) is 4.89. The predicted octanol–water partition coefficient (Wildman–Crippen LogP) is 4.66. The maximum atomic E-state index is 11.9. The molecule has 2 N–H and O–H groups in total. The number of carbonyl (C=O) groups excluding carboxylic acids is 1. The van der Waals surface area contributed by atoms with E-state index in [0.717, 1.165) is 33.2 Å². The number of fused-ring (bicyclic) bond motifs is 1. The summed E-state index contributed by atoms with van der Waals surface area (Å²) in [6.45, 7) is 5.98. The van der Waals surface area contributed by atoms with Crippen LogP contribution >= 0.6 is 0 Å². The quantitative estimate of drug-likeness (QED) is 0.688. The lowest BCUT2D eigenvalue weighted by atomic mass is 9.98. The van der Waals surface area contributed by atoms with Crippen LogP contribution in [0.4, 0.5) is 4.79 Å². The van der Waals surface area contributed by atoms with Gasteiger partial charge in [0.2, 0.25) is 0 Å². The molecule has 0 unspecified atom stereocenters. The molecule has 1 aromatic heterocycles. The second-order valence-corrected chi connectivity index (χ2v) is 7.51. The van der Waals surface area contributed by atoms with E-state index in [1.807, 2.05) is 63.2 Å². The van der Waals surface area contributed by atoms with Crippen LogP contribution in [-0.2, 0) is 17.7 Å². The Morgan fingerprint density at radius 3 is 2.70 bits per heavy atom. The van der Waals surface area contributed by atoms with Crippen molar-refractivity contribution in [1.29, 1.82) is 0 Å². The summed E-state index contributed by atoms with van der Waals surface area (Å²) in [7, 11) is 0. The topological polar surface area (TPSA) is 71.7 Å². The fourth-order valence-electron chi connectivity index (χ4n) is 2.97. The van der Waals surface area contributed by atoms with Gasteiger partial charge in [-0.1, -0.05) is 18.2 Å². The number of amides is 1. The zero-order chi connectivity index (χ0) is 19.4. The van der Waals surface area contributed by atoms with Gasteiger partial charge in [-0.15, -0.1) is 0 Å². The summed E-state index contributed by atoms with van der Waals surface area (Å²) >= 11 is 0. The van der Waals surface area contributed by atoms with Crippen LogP contribution in [0.3, 0.4) is 0 Å². The summed E-state index contributed by atoms with van der Waals surface area (Å²) in [4.78, 5) is 11.9. The molecule has 0 saturated heterocycles. The van der Waals surface area contributed by atoms with Crippen LogP contribution in [0.2, 0.25) is 0 Å². The van der Waals surface area contributed by atoms with Gasteiger partial charge in [-0.05, 0) is 68.1 Å². The van der Waals surface area contributed by atoms with Crippen molar-refractivity contribution in [3.63, 3.8) is 0 Å². The van der Waals surface area contributed by atoms with Crippen LogP contribution in [0.15, 0.2) is 53.1 Å². The van der Waals surface area contributed by atoms with E-state index in [2.05, 4.69) is 5.32 Å². The van der Waals surface area contributed by atoms with Crippen molar-refractivity contribution >= 4 is 17.1 Å². The molecule has 5 heteroatoms. The first-order chi connectivity index (χ1) is 12.9. The summed E-state index contributed by atoms with van der Waals surface area (Å²) in [6, 6.07) is 13.9. The van der Waals surface area contributed by atoms with Crippen molar-refractivity contribution in [2.45, 2.75) is 39.3 Å². The van der Waals surface area contributed by atoms with Gasteiger partial charge in [-0.3, -0.25) is 0 Å². The van der Waals surface area contributed by atoms with Crippen LogP contribution < -0.4 is 5.32 Å². The largest absolute Gasteiger partial charge is 0.464 e. The normalized spacial score (nSPS) is 11.6. The van der Waals surface area contributed by atoms with Crippen molar-refractivity contribution in [2.75, 3.05) is 6.61 Å². The molecule has 3 rings (SSSR count). The zero-order valence-electron chi connectivity index (χ0n) is 15.9. The summed E-state index contributed by atoms with van der Waals surface area (Å²) in [5, 5.41) is 13.1. The van der Waals surface area contributed by atoms with Crippen molar-refractivity contribution in [1.82, 2.24) is 5.32 Å². The third-order valence-corrected chi connectivity index (χ3v) is 4.09. The van der Waals surface area contributed by atoms with Crippen molar-refractivity contribution in [2.24, 2.45) is 0 Å². The van der Waals surface area contributed by atoms with E-state index in [1.165, 1.54) is 0 Å². The number of hydrogen-bond donors (Lipinski definition) is 2. The minimum atomic E-state index is -0.524. The Balaban J connectivity index is 1.84. The van der Waals surface area contributed by atoms with Crippen LogP contribution in [-0.4, -0.2) is 23.4 Å². The molecule has 27 heavy (non-hydrogen) atoms. The molecule has 0 bridgehead atoms. The zero-order valence-corrected chi connectivity index (χ0v) is 15.9. The van der Waals surface area contributed by atoms with Gasteiger partial charge in [0, 0.05) is 24.1 Å². The first-order valence-electron chi connectivity index (χ1n) is 9.03. The molecule has 0 radical (unpaired) electrons. The molecule has 1 amide bonds. The van der Waals surface area contributed by atoms with E-state index in [0.29, 0.717) is 13.0 Å². The Bertz CT molecular complexity index is 937. The van der Waals surface area contributed by atoms with E-state index < -0.39 is 11.7 Å². The molecule has 0 spiro atoms. The number of nitrogens with one attached hydrogen (secondary N) is 1. The highest BCUT2D eigenvalue weighted by molar-refractivity contribution is 5.93. The maximum absolute atomic E-state index is 11.9. The average molecular weight is 367 g/mol. The lowest BCUT2D eigenvalue weighted by Crippen LogP contribution is -2.32. The number of aliphatic hydroxyl groups excluding tert-OH is 1. The summed E-state index contributed by atoms with van der Waals surface area (Å²) in [6.07, 6.45) is 1.82. The number of ether oxygens (including phenoxy) is 1. The van der Waals surface area contributed by atoms with Crippen LogP contribution in [0.5, 0.6) is 0 Å². The highest BCUT2D eigenvalue weighted by Crippen LogP contribution is 2.31. The van der Waals surface area contributed by atoms with Crippen LogP contribution in [0.1, 0.15) is 31.9 Å². The Labute approximate surface area is 159 Å². The molecule has 1 heterocycles. The Hall–Kier alpha value is -2.79. The number of aliphatic hydroxyl groups is 1. The number of furan rings is 1. The minimum Gasteiger partial charge on any atom is -0.464 e. The molecule has 0 aliphatic heterocycles. The van der Waals surface area contributed by atoms with Gasteiger partial charge in [-0.25, -0.2) is 4.79 Å². The van der Waals surface area contributed by atoms with Crippen LogP contribution in [0, 0.1) is 0 Å². The molecule has 3 aromatic rings. The monoisotopic (exact) mass is 367 g/mol. The SMILES string of the molecule is CC(C)(C)OC(=O)NCc1cccc(-c2cc(CCO)cc3ccoc23)c1. The molecule has 0 atom stereocenters. The van der Waals surface area contributed by atoms with Gasteiger partial charge in [0.15, 0.2) is 0 Å². The lowest BCUT2D eigenvalue weighted by molar-refractivity contribution is 0.0523. The highest BCUT2D eigenvalue weighted by Gasteiger charge is 2.16. The second kappa shape index (κ2) is 7.84. The number of rotatable bonds is 5. The highest BCUT2D eigenvalue weighted by atomic mass is 16.6. The van der Waals surface area contributed by atoms with Crippen LogP contribution in [0.25, 0.3) is 22.1 Å². The molecular formula is C22H25NO4. The van der Waals surface area contributed by atoms with Gasteiger partial charge in [-0.2, -0.15) is 0 Å². The standard InChI is InChI=1S/C22H25NO4/c1-22(2,3)27-21(25)23-14-16-5-4-6-17(12-16)19-13-15(7-9-24)11-18-8-10-26-20(18)19/h4-6,8,10-13,24H,7,9,14H2,1-3H3,(H,23,25). The average Bonchev–Trinajstić information content (AvgIpc) is 3.07. The molecule has 5 nitrogen and oxygen atoms in total. The maximum Gasteiger partial charge on any atom is 0.407 e. The number of carbonyl (C=O) groups is 1. The summed E-state index contributed by atoms with van der Waals surface area (Å²) < 4.78 is 11.0. The number of hydrogen-bond acceptors (Lipinski definition) is 4. The Morgan fingerprint density at radius 1 is 1.15 bits per heavy atom. The fraction of sp³-hybridized carbons (Fsp3) is 0.318. The Kier molecular flexibility index (Phi) is 5.51. The molecule has 0 aliphatic rings. The first kappa shape index (κ1) is 19.0. The number of alkyl carbamates (subject to hydrolysis) is 1. The van der Waals surface area contributed by atoms with Crippen molar-refractivity contribution in [3.8, 4) is 11.1 Å². The number of benzene rings is 2. The molecular weight excluding hydrogens is 342 g/mol. The summed E-state index contributed by atoms with van der Waals surface area (Å²) in [5.74, 6) is 0. The van der Waals surface area contributed by atoms with Crippen molar-refractivity contribution < 1.29 is 19.1 Å². The molecule has 0 fully saturated rings. The summed E-state index contributed by atoms with van der Waals surface area (Å²) in [5.41, 5.74) is 4.28. The van der Waals surface area contributed by atoms with E-state index >= 15 is 0 Å². The molecule has 142 valence electrons. The predicted molar refractivity (Wildman–Crippen MR) is 106 cm³/mol. The minimum absolute atomic E-state index is 0.0998. The van der Waals surface area contributed by atoms with E-state index in [9.17, 15) is 9.90 Å². The first-order valence-corrected chi connectivity index (χ1v) is 9.03. The van der Waals surface area contributed by atoms with Gasteiger partial charge < -0.3 is 19.6 Å². The van der Waals surface area contributed by atoms with Gasteiger partial charge in [0.05, 0.1) is 6.26 Å². The Morgan fingerprint density at radius 2 is 1.96 bits per heavy atom. The van der Waals surface area contributed by atoms with Crippen molar-refractivity contribution in [3.05, 3.63) is 59.9 Å². The van der Waals surface area contributed by atoms with E-state index in [-0.39, 0.29) is 6.61 Å². The van der Waals surface area contributed by atoms with E-state index in [1.54, 1.807) is 6.26 Å². The smallest absolute Gasteiger partial charge is 0.407 e. The second-order valence-electron chi connectivity index (χ2n) is 7.51. The molecule has 0 saturated carbocycles. The van der Waals surface area contributed by atoms with Gasteiger partial charge in [0.1, 0.15) is 11.2 Å². The van der Waals surface area contributed by atoms with E-state index in [4.69, 9.17) is 9.15 Å². The fourth-order valence-corrected chi connectivity index (χ4v) is 2.97. The van der Waals surface area contributed by atoms with Gasteiger partial charge in [0.25, 0.3) is 0 Å². The third-order valence-electron chi connectivity index (χ3n) is 4.09. The van der Waals surface area contributed by atoms with Gasteiger partial charge >= 0.3 is 6.09 Å². The lowest BCUT2D eigenvalue weighted by Gasteiger charge is -2.19. The molecule has 2 aromatic carbocycles.